The monoisotopic (exact) mass is 451 g/mol. The summed E-state index contributed by atoms with van der Waals surface area (Å²) in [7, 11) is 0. The number of hydrogen-bond donors (Lipinski definition) is 2. The number of aromatic nitrogens is 3. The highest BCUT2D eigenvalue weighted by molar-refractivity contribution is 5.91. The molecule has 0 fully saturated rings. The summed E-state index contributed by atoms with van der Waals surface area (Å²) < 4.78 is 42.4. The van der Waals surface area contributed by atoms with Gasteiger partial charge >= 0.3 is 0 Å². The number of rotatable bonds is 5. The van der Waals surface area contributed by atoms with Gasteiger partial charge in [0, 0.05) is 17.8 Å². The van der Waals surface area contributed by atoms with E-state index in [-0.39, 0.29) is 30.6 Å². The van der Waals surface area contributed by atoms with Crippen LogP contribution in [-0.2, 0) is 17.9 Å². The number of nitrogens with one attached hydrogen (secondary N) is 2. The maximum atomic E-state index is 14.5. The van der Waals surface area contributed by atoms with E-state index in [9.17, 15) is 18.0 Å². The molecule has 0 saturated carbocycles. The number of nitrogens with zero attached hydrogens (tertiary/aromatic N) is 3. The van der Waals surface area contributed by atoms with Crippen LogP contribution in [-0.4, -0.2) is 20.4 Å². The van der Waals surface area contributed by atoms with Gasteiger partial charge in [-0.15, -0.1) is 0 Å². The van der Waals surface area contributed by atoms with Crippen LogP contribution in [0, 0.1) is 12.7 Å². The molecule has 2 aromatic carbocycles. The third kappa shape index (κ3) is 3.79. The van der Waals surface area contributed by atoms with Crippen molar-refractivity contribution >= 4 is 22.8 Å². The number of benzene rings is 2. The Morgan fingerprint density at radius 1 is 1.15 bits per heavy atom. The summed E-state index contributed by atoms with van der Waals surface area (Å²) in [6, 6.07) is 15.1. The molecule has 2 aromatic heterocycles. The minimum absolute atomic E-state index is 0.0300. The van der Waals surface area contributed by atoms with Crippen LogP contribution >= 0.6 is 0 Å². The van der Waals surface area contributed by atoms with Crippen molar-refractivity contribution in [3.8, 4) is 0 Å². The largest absolute Gasteiger partial charge is 0.365 e. The van der Waals surface area contributed by atoms with Crippen LogP contribution in [0.2, 0.25) is 0 Å². The molecule has 0 bridgehead atoms. The van der Waals surface area contributed by atoms with Gasteiger partial charge < -0.3 is 15.2 Å². The summed E-state index contributed by atoms with van der Waals surface area (Å²) in [5.41, 5.74) is 1.84. The second-order valence-electron chi connectivity index (χ2n) is 7.90. The van der Waals surface area contributed by atoms with E-state index >= 15 is 0 Å². The van der Waals surface area contributed by atoms with Crippen molar-refractivity contribution in [1.82, 2.24) is 19.9 Å². The van der Waals surface area contributed by atoms with Crippen LogP contribution < -0.4 is 10.6 Å². The van der Waals surface area contributed by atoms with Crippen LogP contribution in [0.3, 0.4) is 0 Å². The topological polar surface area (TPSA) is 71.8 Å². The van der Waals surface area contributed by atoms with Gasteiger partial charge in [0.1, 0.15) is 29.7 Å². The molecule has 0 saturated heterocycles. The lowest BCUT2D eigenvalue weighted by molar-refractivity contribution is -0.123. The van der Waals surface area contributed by atoms with Crippen molar-refractivity contribution in [1.29, 1.82) is 0 Å². The standard InChI is InChI=1S/C24H20F3N5O/c1-13-29-23(28-11-15-8-5-9-16(20(15)25)22(26)27)17-10-18-21(14-6-3-2-4-7-14)31-19(33)12-32(18)24(17)30-13/h2-10,21-22H,11-12H2,1H3,(H,31,33)(H,28,29,30). The Kier molecular flexibility index (Phi) is 5.24. The van der Waals surface area contributed by atoms with Crippen LogP contribution in [0.5, 0.6) is 0 Å². The Bertz CT molecular complexity index is 1350. The van der Waals surface area contributed by atoms with Crippen molar-refractivity contribution in [3.63, 3.8) is 0 Å². The maximum Gasteiger partial charge on any atom is 0.266 e. The second kappa shape index (κ2) is 8.23. The summed E-state index contributed by atoms with van der Waals surface area (Å²) in [6.07, 6.45) is -2.89. The van der Waals surface area contributed by atoms with E-state index in [0.29, 0.717) is 22.7 Å². The lowest BCUT2D eigenvalue weighted by Crippen LogP contribution is -2.38. The number of fused-ring (bicyclic) bond motifs is 3. The van der Waals surface area contributed by atoms with E-state index in [1.54, 1.807) is 6.92 Å². The van der Waals surface area contributed by atoms with Crippen molar-refractivity contribution in [2.75, 3.05) is 5.32 Å². The molecule has 5 rings (SSSR count). The Labute approximate surface area is 187 Å². The zero-order valence-electron chi connectivity index (χ0n) is 17.6. The maximum absolute atomic E-state index is 14.5. The first-order valence-electron chi connectivity index (χ1n) is 10.4. The number of carbonyl (C=O) groups is 1. The highest BCUT2D eigenvalue weighted by atomic mass is 19.3. The molecular formula is C24H20F3N5O. The smallest absolute Gasteiger partial charge is 0.266 e. The fraction of sp³-hybridized carbons (Fsp3) is 0.208. The van der Waals surface area contributed by atoms with Crippen LogP contribution in [0.1, 0.15) is 40.7 Å². The first kappa shape index (κ1) is 21.0. The number of aryl methyl sites for hydroxylation is 1. The van der Waals surface area contributed by atoms with E-state index in [4.69, 9.17) is 0 Å². The molecule has 0 spiro atoms. The summed E-state index contributed by atoms with van der Waals surface area (Å²) in [5, 5.41) is 6.75. The van der Waals surface area contributed by atoms with E-state index in [1.165, 1.54) is 12.1 Å². The van der Waals surface area contributed by atoms with Gasteiger partial charge in [-0.1, -0.05) is 48.5 Å². The summed E-state index contributed by atoms with van der Waals surface area (Å²) in [6.45, 7) is 1.81. The van der Waals surface area contributed by atoms with Gasteiger partial charge in [0.25, 0.3) is 6.43 Å². The number of anilines is 1. The normalized spacial score (nSPS) is 15.5. The third-order valence-electron chi connectivity index (χ3n) is 5.72. The van der Waals surface area contributed by atoms with E-state index in [2.05, 4.69) is 20.6 Å². The molecule has 9 heteroatoms. The first-order chi connectivity index (χ1) is 15.9. The Morgan fingerprint density at radius 2 is 1.94 bits per heavy atom. The van der Waals surface area contributed by atoms with Gasteiger partial charge in [0.05, 0.1) is 17.0 Å². The zero-order valence-corrected chi connectivity index (χ0v) is 17.6. The first-order valence-corrected chi connectivity index (χ1v) is 10.4. The minimum atomic E-state index is -2.89. The average molecular weight is 451 g/mol. The number of alkyl halides is 2. The summed E-state index contributed by atoms with van der Waals surface area (Å²) in [4.78, 5) is 21.5. The SMILES string of the molecule is Cc1nc(NCc2cccc(C(F)F)c2F)c2cc3n(c2n1)CC(=O)NC3c1ccccc1. The van der Waals surface area contributed by atoms with Gasteiger partial charge in [0.15, 0.2) is 0 Å². The molecule has 1 aliphatic rings. The van der Waals surface area contributed by atoms with Gasteiger partial charge in [-0.05, 0) is 18.6 Å². The Morgan fingerprint density at radius 3 is 2.70 bits per heavy atom. The molecule has 0 aliphatic carbocycles. The fourth-order valence-corrected chi connectivity index (χ4v) is 4.20. The molecule has 1 aliphatic heterocycles. The van der Waals surface area contributed by atoms with Crippen molar-refractivity contribution in [2.24, 2.45) is 0 Å². The molecule has 3 heterocycles. The molecule has 0 radical (unpaired) electrons. The quantitative estimate of drug-likeness (QED) is 0.464. The molecule has 168 valence electrons. The lowest BCUT2D eigenvalue weighted by atomic mass is 10.0. The van der Waals surface area contributed by atoms with Gasteiger partial charge in [-0.2, -0.15) is 0 Å². The van der Waals surface area contributed by atoms with Crippen LogP contribution in [0.25, 0.3) is 11.0 Å². The van der Waals surface area contributed by atoms with E-state index in [1.807, 2.05) is 41.0 Å². The van der Waals surface area contributed by atoms with Gasteiger partial charge in [-0.25, -0.2) is 23.1 Å². The molecule has 33 heavy (non-hydrogen) atoms. The van der Waals surface area contributed by atoms with Crippen molar-refractivity contribution < 1.29 is 18.0 Å². The molecule has 6 nitrogen and oxygen atoms in total. The highest BCUT2D eigenvalue weighted by Gasteiger charge is 2.29. The molecule has 4 aromatic rings. The van der Waals surface area contributed by atoms with Crippen molar-refractivity contribution in [3.05, 3.63) is 88.6 Å². The Hall–Kier alpha value is -3.88. The lowest BCUT2D eigenvalue weighted by Gasteiger charge is -2.26. The Balaban J connectivity index is 1.55. The van der Waals surface area contributed by atoms with E-state index in [0.717, 1.165) is 17.3 Å². The fourth-order valence-electron chi connectivity index (χ4n) is 4.20. The van der Waals surface area contributed by atoms with Crippen molar-refractivity contribution in [2.45, 2.75) is 32.5 Å². The minimum Gasteiger partial charge on any atom is -0.365 e. The summed E-state index contributed by atoms with van der Waals surface area (Å²) in [5.74, 6) is -0.155. The van der Waals surface area contributed by atoms with Gasteiger partial charge in [-0.3, -0.25) is 4.79 Å². The molecule has 2 N–H and O–H groups in total. The van der Waals surface area contributed by atoms with E-state index < -0.39 is 17.8 Å². The third-order valence-corrected chi connectivity index (χ3v) is 5.72. The predicted octanol–water partition coefficient (Wildman–Crippen LogP) is 4.65. The average Bonchev–Trinajstić information content (AvgIpc) is 3.16. The second-order valence-corrected chi connectivity index (χ2v) is 7.90. The number of halogens is 3. The number of hydrogen-bond acceptors (Lipinski definition) is 4. The summed E-state index contributed by atoms with van der Waals surface area (Å²) >= 11 is 0. The molecular weight excluding hydrogens is 431 g/mol. The molecule has 1 unspecified atom stereocenters. The highest BCUT2D eigenvalue weighted by Crippen LogP contribution is 2.33. The molecule has 1 atom stereocenters. The van der Waals surface area contributed by atoms with Crippen LogP contribution in [0.4, 0.5) is 19.0 Å². The number of amides is 1. The predicted molar refractivity (Wildman–Crippen MR) is 117 cm³/mol. The molecule has 1 amide bonds. The van der Waals surface area contributed by atoms with Crippen LogP contribution in [0.15, 0.2) is 54.6 Å². The number of carbonyl (C=O) groups excluding carboxylic acids is 1. The van der Waals surface area contributed by atoms with Gasteiger partial charge in [0.2, 0.25) is 5.91 Å². The zero-order chi connectivity index (χ0) is 23.1.